The molecule has 2 atom stereocenters. The fourth-order valence-corrected chi connectivity index (χ4v) is 4.56. The Morgan fingerprint density at radius 3 is 2.88 bits per heavy atom. The van der Waals surface area contributed by atoms with Gasteiger partial charge < -0.3 is 15.4 Å². The molecule has 170 valence electrons. The molecule has 2 unspecified atom stereocenters. The molecule has 2 fully saturated rings. The first-order chi connectivity index (χ1) is 16.0. The van der Waals surface area contributed by atoms with Gasteiger partial charge in [0.2, 0.25) is 5.91 Å². The number of nitrogens with zero attached hydrogens (tertiary/aromatic N) is 3. The van der Waals surface area contributed by atoms with Gasteiger partial charge in [-0.1, -0.05) is 17.7 Å². The van der Waals surface area contributed by atoms with Crippen molar-refractivity contribution in [2.45, 2.75) is 18.9 Å². The quantitative estimate of drug-likeness (QED) is 0.487. The number of hydrogen-bond acceptors (Lipinski definition) is 6. The first kappa shape index (κ1) is 21.6. The molecule has 5 rings (SSSR count). The molecule has 2 heterocycles. The fourth-order valence-electron chi connectivity index (χ4n) is 4.38. The number of carbonyl (C=O) groups is 1. The van der Waals surface area contributed by atoms with Crippen LogP contribution in [0.4, 0.5) is 21.6 Å². The summed E-state index contributed by atoms with van der Waals surface area (Å²) in [5.41, 5.74) is 1.70. The number of ether oxygens (including phenoxy) is 1. The molecule has 0 radical (unpaired) electrons. The number of likely N-dealkylation sites (tertiary alicyclic amines) is 1. The molecule has 3 aromatic rings. The second kappa shape index (κ2) is 8.96. The number of piperidine rings is 1. The fraction of sp³-hybridized carbons (Fsp3) is 0.292. The lowest BCUT2D eigenvalue weighted by Gasteiger charge is -2.55. The Bertz CT molecular complexity index is 1250. The number of halogens is 2. The molecular weight excluding hydrogens is 445 g/mol. The van der Waals surface area contributed by atoms with Crippen molar-refractivity contribution in [2.24, 2.45) is 5.92 Å². The highest BCUT2D eigenvalue weighted by Crippen LogP contribution is 2.41. The maximum Gasteiger partial charge on any atom is 0.248 e. The number of carbonyl (C=O) groups excluding carboxylic acids is 1. The Balaban J connectivity index is 1.35. The minimum Gasteiger partial charge on any atom is -0.494 e. The summed E-state index contributed by atoms with van der Waals surface area (Å²) < 4.78 is 19.0. The number of nitrogens with one attached hydrogen (secondary N) is 2. The molecule has 1 saturated carbocycles. The van der Waals surface area contributed by atoms with E-state index in [2.05, 4.69) is 25.5 Å². The van der Waals surface area contributed by atoms with Crippen molar-refractivity contribution in [3.63, 3.8) is 0 Å². The van der Waals surface area contributed by atoms with Crippen LogP contribution in [0, 0.1) is 11.7 Å². The SMILES string of the molecule is COc1cc2ncnc(Nc3ccc(F)c(Cl)c3)c2cc1NC(=O)C=CCN1CC2CCC21. The van der Waals surface area contributed by atoms with Crippen LogP contribution in [0.25, 0.3) is 10.9 Å². The van der Waals surface area contributed by atoms with Gasteiger partial charge in [0, 0.05) is 42.3 Å². The number of fused-ring (bicyclic) bond motifs is 2. The Hall–Kier alpha value is -3.23. The number of hydrogen-bond donors (Lipinski definition) is 2. The molecule has 1 aliphatic heterocycles. The van der Waals surface area contributed by atoms with Gasteiger partial charge in [-0.05, 0) is 43.0 Å². The third kappa shape index (κ3) is 4.36. The average molecular weight is 468 g/mol. The summed E-state index contributed by atoms with van der Waals surface area (Å²) in [5, 5.41) is 6.68. The summed E-state index contributed by atoms with van der Waals surface area (Å²) >= 11 is 5.89. The first-order valence-corrected chi connectivity index (χ1v) is 11.2. The van der Waals surface area contributed by atoms with E-state index in [1.54, 1.807) is 24.3 Å². The molecule has 1 aromatic heterocycles. The van der Waals surface area contributed by atoms with E-state index in [0.29, 0.717) is 39.9 Å². The zero-order chi connectivity index (χ0) is 22.9. The second-order valence-corrected chi connectivity index (χ2v) is 8.70. The summed E-state index contributed by atoms with van der Waals surface area (Å²) in [5.74, 6) is 1.10. The number of aromatic nitrogens is 2. The van der Waals surface area contributed by atoms with Gasteiger partial charge in [-0.2, -0.15) is 0 Å². The monoisotopic (exact) mass is 467 g/mol. The van der Waals surface area contributed by atoms with Gasteiger partial charge in [-0.25, -0.2) is 14.4 Å². The van der Waals surface area contributed by atoms with Crippen LogP contribution in [-0.2, 0) is 4.79 Å². The van der Waals surface area contributed by atoms with Crippen LogP contribution < -0.4 is 15.4 Å². The van der Waals surface area contributed by atoms with Gasteiger partial charge in [0.15, 0.2) is 0 Å². The Morgan fingerprint density at radius 2 is 2.18 bits per heavy atom. The van der Waals surface area contributed by atoms with Crippen molar-refractivity contribution in [1.82, 2.24) is 14.9 Å². The molecule has 7 nitrogen and oxygen atoms in total. The zero-order valence-corrected chi connectivity index (χ0v) is 18.8. The zero-order valence-electron chi connectivity index (χ0n) is 18.0. The minimum atomic E-state index is -0.501. The van der Waals surface area contributed by atoms with E-state index < -0.39 is 5.82 Å². The van der Waals surface area contributed by atoms with Gasteiger partial charge in [0.05, 0.1) is 23.3 Å². The number of methoxy groups -OCH3 is 1. The third-order valence-corrected chi connectivity index (χ3v) is 6.61. The molecule has 2 N–H and O–H groups in total. The van der Waals surface area contributed by atoms with Crippen LogP contribution >= 0.6 is 11.6 Å². The molecule has 0 bridgehead atoms. The van der Waals surface area contributed by atoms with Crippen molar-refractivity contribution in [3.05, 3.63) is 59.7 Å². The number of anilines is 3. The standard InChI is InChI=1S/C24H23ClFN5O2/c1-33-22-11-19-16(24(28-13-27-19)29-15-5-6-18(26)17(25)9-15)10-20(22)30-23(32)3-2-8-31-12-14-4-7-21(14)31/h2-3,5-6,9-11,13-14,21H,4,7-8,12H2,1H3,(H,30,32)(H,27,28,29). The Labute approximate surface area is 195 Å². The van der Waals surface area contributed by atoms with Crippen molar-refractivity contribution < 1.29 is 13.9 Å². The molecule has 1 amide bonds. The van der Waals surface area contributed by atoms with Crippen LogP contribution in [0.5, 0.6) is 5.75 Å². The molecule has 2 aromatic carbocycles. The van der Waals surface area contributed by atoms with E-state index >= 15 is 0 Å². The van der Waals surface area contributed by atoms with E-state index in [1.807, 2.05) is 6.08 Å². The third-order valence-electron chi connectivity index (χ3n) is 6.32. The maximum absolute atomic E-state index is 13.5. The van der Waals surface area contributed by atoms with Crippen LogP contribution in [0.15, 0.2) is 48.8 Å². The summed E-state index contributed by atoms with van der Waals surface area (Å²) in [6.45, 7) is 1.91. The van der Waals surface area contributed by atoms with Crippen molar-refractivity contribution >= 4 is 45.6 Å². The number of benzene rings is 2. The average Bonchev–Trinajstić information content (AvgIpc) is 2.79. The predicted octanol–water partition coefficient (Wildman–Crippen LogP) is 4.76. The summed E-state index contributed by atoms with van der Waals surface area (Å²) in [6.07, 6.45) is 7.46. The van der Waals surface area contributed by atoms with Crippen LogP contribution in [0.2, 0.25) is 5.02 Å². The maximum atomic E-state index is 13.5. The van der Waals surface area contributed by atoms with Crippen molar-refractivity contribution in [2.75, 3.05) is 30.8 Å². The van der Waals surface area contributed by atoms with Gasteiger partial charge >= 0.3 is 0 Å². The summed E-state index contributed by atoms with van der Waals surface area (Å²) in [6, 6.07) is 8.51. The highest BCUT2D eigenvalue weighted by atomic mass is 35.5. The van der Waals surface area contributed by atoms with E-state index in [1.165, 1.54) is 38.4 Å². The van der Waals surface area contributed by atoms with Crippen LogP contribution in [-0.4, -0.2) is 47.0 Å². The van der Waals surface area contributed by atoms with E-state index in [0.717, 1.165) is 19.0 Å². The largest absolute Gasteiger partial charge is 0.494 e. The molecule has 0 spiro atoms. The van der Waals surface area contributed by atoms with Crippen molar-refractivity contribution in [3.8, 4) is 5.75 Å². The highest BCUT2D eigenvalue weighted by Gasteiger charge is 2.44. The lowest BCUT2D eigenvalue weighted by molar-refractivity contribution is -0.112. The molecule has 33 heavy (non-hydrogen) atoms. The van der Waals surface area contributed by atoms with Gasteiger partial charge in [0.1, 0.15) is 23.7 Å². The molecule has 2 aliphatic rings. The highest BCUT2D eigenvalue weighted by molar-refractivity contribution is 6.31. The summed E-state index contributed by atoms with van der Waals surface area (Å²) in [4.78, 5) is 23.5. The molecule has 1 saturated heterocycles. The van der Waals surface area contributed by atoms with E-state index in [9.17, 15) is 9.18 Å². The van der Waals surface area contributed by atoms with Crippen LogP contribution in [0.1, 0.15) is 12.8 Å². The Morgan fingerprint density at radius 1 is 1.30 bits per heavy atom. The normalized spacial score (nSPS) is 19.6. The van der Waals surface area contributed by atoms with E-state index in [-0.39, 0.29) is 10.9 Å². The van der Waals surface area contributed by atoms with Crippen molar-refractivity contribution in [1.29, 1.82) is 0 Å². The minimum absolute atomic E-state index is 0.00540. The molecule has 1 aliphatic carbocycles. The Kier molecular flexibility index (Phi) is 5.86. The lowest BCUT2D eigenvalue weighted by Crippen LogP contribution is -2.61. The van der Waals surface area contributed by atoms with Gasteiger partial charge in [0.25, 0.3) is 0 Å². The molecular formula is C24H23ClFN5O2. The second-order valence-electron chi connectivity index (χ2n) is 8.30. The van der Waals surface area contributed by atoms with Gasteiger partial charge in [-0.3, -0.25) is 9.69 Å². The summed E-state index contributed by atoms with van der Waals surface area (Å²) in [7, 11) is 1.53. The van der Waals surface area contributed by atoms with Crippen LogP contribution in [0.3, 0.4) is 0 Å². The topological polar surface area (TPSA) is 79.4 Å². The first-order valence-electron chi connectivity index (χ1n) is 10.8. The molecule has 9 heteroatoms. The lowest BCUT2D eigenvalue weighted by atomic mass is 9.71. The number of rotatable bonds is 7. The predicted molar refractivity (Wildman–Crippen MR) is 127 cm³/mol. The smallest absolute Gasteiger partial charge is 0.248 e. The number of amides is 1. The van der Waals surface area contributed by atoms with Gasteiger partial charge in [-0.15, -0.1) is 0 Å². The van der Waals surface area contributed by atoms with E-state index in [4.69, 9.17) is 16.3 Å².